The number of rotatable bonds is 9. The summed E-state index contributed by atoms with van der Waals surface area (Å²) in [6, 6.07) is 14.3. The summed E-state index contributed by atoms with van der Waals surface area (Å²) < 4.78 is 0. The van der Waals surface area contributed by atoms with Crippen molar-refractivity contribution in [2.75, 3.05) is 26.2 Å². The monoisotopic (exact) mass is 463 g/mol. The summed E-state index contributed by atoms with van der Waals surface area (Å²) in [6.07, 6.45) is 1.37. The molecule has 1 aromatic heterocycles. The van der Waals surface area contributed by atoms with Gasteiger partial charge < -0.3 is 15.3 Å². The molecule has 9 nitrogen and oxygen atoms in total. The highest BCUT2D eigenvalue weighted by atomic mass is 16.4. The smallest absolute Gasteiger partial charge is 0.303 e. The van der Waals surface area contributed by atoms with Gasteiger partial charge in [0.1, 0.15) is 6.04 Å². The number of aromatic nitrogens is 1. The van der Waals surface area contributed by atoms with E-state index in [1.165, 1.54) is 0 Å². The van der Waals surface area contributed by atoms with Crippen LogP contribution < -0.4 is 5.32 Å². The van der Waals surface area contributed by atoms with Crippen molar-refractivity contribution in [2.45, 2.75) is 38.3 Å². The first kappa shape index (κ1) is 24.9. The van der Waals surface area contributed by atoms with Gasteiger partial charge in [0.05, 0.1) is 25.0 Å². The Morgan fingerprint density at radius 1 is 1.09 bits per heavy atom. The Bertz CT molecular complexity index is 1040. The molecule has 2 amide bonds. The second-order valence-corrected chi connectivity index (χ2v) is 8.26. The third-order valence-corrected chi connectivity index (χ3v) is 5.98. The maximum Gasteiger partial charge on any atom is 0.303 e. The number of nitrogens with zero attached hydrogens (tertiary/aromatic N) is 4. The number of nitrogens with one attached hydrogen (secondary N) is 1. The van der Waals surface area contributed by atoms with Gasteiger partial charge in [-0.1, -0.05) is 36.4 Å². The highest BCUT2D eigenvalue weighted by Gasteiger charge is 2.29. The highest BCUT2D eigenvalue weighted by Crippen LogP contribution is 2.24. The quantitative estimate of drug-likeness (QED) is 0.584. The van der Waals surface area contributed by atoms with Gasteiger partial charge in [-0.2, -0.15) is 5.26 Å². The molecule has 1 aliphatic rings. The summed E-state index contributed by atoms with van der Waals surface area (Å²) >= 11 is 0. The summed E-state index contributed by atoms with van der Waals surface area (Å²) in [6.45, 7) is 3.95. The number of aryl methyl sites for hydroxylation is 1. The van der Waals surface area contributed by atoms with E-state index in [1.54, 1.807) is 11.1 Å². The molecule has 1 aromatic carbocycles. The molecule has 0 radical (unpaired) electrons. The summed E-state index contributed by atoms with van der Waals surface area (Å²) in [5.74, 6) is -1.55. The molecule has 0 saturated carbocycles. The zero-order valence-corrected chi connectivity index (χ0v) is 19.2. The Morgan fingerprint density at radius 3 is 2.41 bits per heavy atom. The molecule has 9 heteroatoms. The first-order chi connectivity index (χ1) is 16.4. The molecule has 2 aromatic rings. The maximum atomic E-state index is 13.1. The average Bonchev–Trinajstić information content (AvgIpc) is 2.85. The third kappa shape index (κ3) is 6.62. The molecule has 0 spiro atoms. The van der Waals surface area contributed by atoms with Crippen LogP contribution in [0.1, 0.15) is 48.2 Å². The Labute approximate surface area is 199 Å². The molecule has 1 aliphatic heterocycles. The molecule has 2 atom stereocenters. The highest BCUT2D eigenvalue weighted by molar-refractivity contribution is 5.82. The first-order valence-electron chi connectivity index (χ1n) is 11.3. The van der Waals surface area contributed by atoms with Gasteiger partial charge in [-0.15, -0.1) is 0 Å². The molecule has 178 valence electrons. The molecule has 1 saturated heterocycles. The fourth-order valence-corrected chi connectivity index (χ4v) is 4.09. The number of carboxylic acids is 1. The van der Waals surface area contributed by atoms with Gasteiger partial charge in [0, 0.05) is 50.1 Å². The Kier molecular flexibility index (Phi) is 8.71. The zero-order valence-electron chi connectivity index (χ0n) is 19.2. The summed E-state index contributed by atoms with van der Waals surface area (Å²) in [7, 11) is 0. The number of nitriles is 1. The molecule has 3 rings (SSSR count). The summed E-state index contributed by atoms with van der Waals surface area (Å²) in [5, 5.41) is 21.4. The predicted molar refractivity (Wildman–Crippen MR) is 124 cm³/mol. The zero-order chi connectivity index (χ0) is 24.5. The normalized spacial score (nSPS) is 15.7. The van der Waals surface area contributed by atoms with Gasteiger partial charge in [-0.25, -0.2) is 0 Å². The summed E-state index contributed by atoms with van der Waals surface area (Å²) in [4.78, 5) is 44.2. The topological polar surface area (TPSA) is 127 Å². The number of piperazine rings is 1. The van der Waals surface area contributed by atoms with Crippen LogP contribution in [0.3, 0.4) is 0 Å². The minimum atomic E-state index is -1.04. The third-order valence-electron chi connectivity index (χ3n) is 5.98. The number of hydrogen-bond donors (Lipinski definition) is 2. The van der Waals surface area contributed by atoms with E-state index in [-0.39, 0.29) is 25.2 Å². The van der Waals surface area contributed by atoms with Crippen molar-refractivity contribution in [1.82, 2.24) is 20.1 Å². The van der Waals surface area contributed by atoms with Crippen LogP contribution in [0.2, 0.25) is 0 Å². The van der Waals surface area contributed by atoms with Crippen molar-refractivity contribution in [3.63, 3.8) is 0 Å². The fourth-order valence-electron chi connectivity index (χ4n) is 4.09. The van der Waals surface area contributed by atoms with Crippen molar-refractivity contribution >= 4 is 17.8 Å². The number of benzene rings is 1. The van der Waals surface area contributed by atoms with Crippen LogP contribution in [-0.2, 0) is 14.4 Å². The summed E-state index contributed by atoms with van der Waals surface area (Å²) in [5.41, 5.74) is 2.48. The van der Waals surface area contributed by atoms with Crippen LogP contribution in [0, 0.1) is 18.3 Å². The Balaban J connectivity index is 1.62. The minimum absolute atomic E-state index is 0.0756. The van der Waals surface area contributed by atoms with E-state index >= 15 is 0 Å². The van der Waals surface area contributed by atoms with Crippen LogP contribution in [0.15, 0.2) is 48.7 Å². The van der Waals surface area contributed by atoms with Crippen molar-refractivity contribution in [3.8, 4) is 6.07 Å². The number of carbonyl (C=O) groups excluding carboxylic acids is 2. The van der Waals surface area contributed by atoms with Gasteiger partial charge in [0.2, 0.25) is 11.8 Å². The van der Waals surface area contributed by atoms with Gasteiger partial charge in [-0.3, -0.25) is 24.3 Å². The first-order valence-corrected chi connectivity index (χ1v) is 11.3. The van der Waals surface area contributed by atoms with E-state index in [0.29, 0.717) is 26.2 Å². The number of amides is 2. The van der Waals surface area contributed by atoms with Crippen LogP contribution in [0.25, 0.3) is 0 Å². The van der Waals surface area contributed by atoms with Crippen molar-refractivity contribution in [1.29, 1.82) is 5.26 Å². The second-order valence-electron chi connectivity index (χ2n) is 8.26. The molecule has 0 bridgehead atoms. The van der Waals surface area contributed by atoms with Crippen LogP contribution >= 0.6 is 0 Å². The molecular weight excluding hydrogens is 434 g/mol. The predicted octanol–water partition coefficient (Wildman–Crippen LogP) is 2.21. The van der Waals surface area contributed by atoms with E-state index in [1.807, 2.05) is 49.4 Å². The lowest BCUT2D eigenvalue weighted by Gasteiger charge is -2.37. The van der Waals surface area contributed by atoms with Gasteiger partial charge in [0.25, 0.3) is 0 Å². The van der Waals surface area contributed by atoms with E-state index in [0.717, 1.165) is 16.8 Å². The lowest BCUT2D eigenvalue weighted by Crippen LogP contribution is -2.50. The van der Waals surface area contributed by atoms with Gasteiger partial charge >= 0.3 is 5.97 Å². The van der Waals surface area contributed by atoms with E-state index < -0.39 is 24.0 Å². The average molecular weight is 464 g/mol. The second kappa shape index (κ2) is 11.9. The lowest BCUT2D eigenvalue weighted by atomic mass is 10.0. The largest absolute Gasteiger partial charge is 0.481 e. The Hall–Kier alpha value is -3.77. The lowest BCUT2D eigenvalue weighted by molar-refractivity contribution is -0.139. The molecule has 34 heavy (non-hydrogen) atoms. The van der Waals surface area contributed by atoms with Crippen LogP contribution in [0.4, 0.5) is 0 Å². The van der Waals surface area contributed by atoms with Gasteiger partial charge in [0.15, 0.2) is 0 Å². The Morgan fingerprint density at radius 2 is 1.79 bits per heavy atom. The number of pyridine rings is 1. The molecule has 2 heterocycles. The minimum Gasteiger partial charge on any atom is -0.481 e. The van der Waals surface area contributed by atoms with Crippen LogP contribution in [-0.4, -0.2) is 63.9 Å². The molecule has 1 fully saturated rings. The van der Waals surface area contributed by atoms with E-state index in [4.69, 9.17) is 5.11 Å². The molecule has 2 unspecified atom stereocenters. The number of carbonyl (C=O) groups is 3. The van der Waals surface area contributed by atoms with Crippen molar-refractivity contribution < 1.29 is 19.5 Å². The fraction of sp³-hybridized carbons (Fsp3) is 0.400. The van der Waals surface area contributed by atoms with E-state index in [2.05, 4.69) is 21.3 Å². The van der Waals surface area contributed by atoms with Crippen molar-refractivity contribution in [3.05, 3.63) is 65.5 Å². The number of hydrogen-bond acceptors (Lipinski definition) is 6. The standard InChI is InChI=1S/C25H29N5O4/c1-18-20(8-5-11-27-18)22(17-26)29-12-14-30(15-13-29)24(32)16-21(19-6-3-2-4-7-19)28-23(31)9-10-25(33)34/h2-8,11,21-22H,9-10,12-16H2,1H3,(H,28,31)(H,33,34). The van der Waals surface area contributed by atoms with Gasteiger partial charge in [-0.05, 0) is 18.6 Å². The molecule has 0 aliphatic carbocycles. The number of carboxylic acid groups (broad SMARTS) is 1. The number of aliphatic carboxylic acids is 1. The molecule has 2 N–H and O–H groups in total. The molecular formula is C25H29N5O4. The van der Waals surface area contributed by atoms with Crippen LogP contribution in [0.5, 0.6) is 0 Å². The van der Waals surface area contributed by atoms with E-state index in [9.17, 15) is 19.6 Å². The van der Waals surface area contributed by atoms with Crippen molar-refractivity contribution in [2.24, 2.45) is 0 Å². The SMILES string of the molecule is Cc1ncccc1C(C#N)N1CCN(C(=O)CC(NC(=O)CCC(=O)O)c2ccccc2)CC1. The maximum absolute atomic E-state index is 13.1.